The summed E-state index contributed by atoms with van der Waals surface area (Å²) >= 11 is 3.29. The van der Waals surface area contributed by atoms with E-state index in [0.29, 0.717) is 0 Å². The van der Waals surface area contributed by atoms with Crippen LogP contribution < -0.4 is 5.73 Å². The second-order valence-corrected chi connectivity index (χ2v) is 3.47. The molecule has 1 atom stereocenters. The number of esters is 1. The van der Waals surface area contributed by atoms with E-state index >= 15 is 0 Å². The topological polar surface area (TPSA) is 52.3 Å². The monoisotopic (exact) mass is 279 g/mol. The average molecular weight is 281 g/mol. The van der Waals surface area contributed by atoms with Crippen LogP contribution in [0.2, 0.25) is 0 Å². The first kappa shape index (κ1) is 13.4. The van der Waals surface area contributed by atoms with E-state index < -0.39 is 12.0 Å². The zero-order valence-electron chi connectivity index (χ0n) is 7.57. The van der Waals surface area contributed by atoms with Gasteiger partial charge in [-0.05, 0) is 17.7 Å². The largest absolute Gasteiger partial charge is 0.468 e. The molecule has 0 aromatic heterocycles. The van der Waals surface area contributed by atoms with Crippen molar-refractivity contribution < 1.29 is 9.53 Å². The number of hydrogen-bond donors (Lipinski definition) is 1. The lowest BCUT2D eigenvalue weighted by molar-refractivity contribution is -0.142. The lowest BCUT2D eigenvalue weighted by atomic mass is 10.1. The highest BCUT2D eigenvalue weighted by atomic mass is 79.9. The molecule has 1 aromatic rings. The molecule has 5 heteroatoms. The Morgan fingerprint density at radius 1 is 1.43 bits per heavy atom. The molecule has 0 unspecified atom stereocenters. The summed E-state index contributed by atoms with van der Waals surface area (Å²) in [5, 5.41) is 0. The molecule has 0 aliphatic carbocycles. The smallest absolute Gasteiger partial charge is 0.327 e. The van der Waals surface area contributed by atoms with E-state index in [9.17, 15) is 4.79 Å². The zero-order chi connectivity index (χ0) is 9.84. The van der Waals surface area contributed by atoms with Crippen molar-refractivity contribution in [2.75, 3.05) is 7.11 Å². The molecular formula is C9H11BrClNO2. The minimum atomic E-state index is -0.696. The average Bonchev–Trinajstić information content (AvgIpc) is 2.17. The summed E-state index contributed by atoms with van der Waals surface area (Å²) < 4.78 is 5.47. The molecule has 14 heavy (non-hydrogen) atoms. The third-order valence-corrected chi connectivity index (χ3v) is 2.21. The van der Waals surface area contributed by atoms with Gasteiger partial charge in [-0.2, -0.15) is 0 Å². The van der Waals surface area contributed by atoms with Gasteiger partial charge in [0.25, 0.3) is 0 Å². The number of carbonyl (C=O) groups is 1. The summed E-state index contributed by atoms with van der Waals surface area (Å²) in [4.78, 5) is 11.0. The molecule has 0 aliphatic heterocycles. The van der Waals surface area contributed by atoms with E-state index in [4.69, 9.17) is 5.73 Å². The first-order valence-electron chi connectivity index (χ1n) is 3.74. The van der Waals surface area contributed by atoms with Crippen LogP contribution in [0.4, 0.5) is 0 Å². The third-order valence-electron chi connectivity index (χ3n) is 1.68. The van der Waals surface area contributed by atoms with Crippen molar-refractivity contribution >= 4 is 34.3 Å². The second kappa shape index (κ2) is 6.01. The highest BCUT2D eigenvalue weighted by Gasteiger charge is 2.15. The normalized spacial score (nSPS) is 11.4. The molecule has 0 spiro atoms. The number of halogens is 2. The molecule has 0 amide bonds. The van der Waals surface area contributed by atoms with Gasteiger partial charge in [-0.15, -0.1) is 12.4 Å². The summed E-state index contributed by atoms with van der Waals surface area (Å²) in [6, 6.07) is 6.53. The summed E-state index contributed by atoms with van der Waals surface area (Å²) in [6.45, 7) is 0. The van der Waals surface area contributed by atoms with E-state index in [2.05, 4.69) is 20.7 Å². The van der Waals surface area contributed by atoms with Gasteiger partial charge in [-0.1, -0.05) is 28.1 Å². The Labute approximate surface area is 97.2 Å². The molecule has 3 nitrogen and oxygen atoms in total. The Hall–Kier alpha value is -0.580. The molecule has 1 rings (SSSR count). The number of benzene rings is 1. The second-order valence-electron chi connectivity index (χ2n) is 2.55. The van der Waals surface area contributed by atoms with Crippen LogP contribution in [0.1, 0.15) is 11.6 Å². The van der Waals surface area contributed by atoms with Gasteiger partial charge in [-0.3, -0.25) is 4.79 Å². The summed E-state index contributed by atoms with van der Waals surface area (Å²) in [6.07, 6.45) is 0. The summed E-state index contributed by atoms with van der Waals surface area (Å²) in [7, 11) is 1.32. The van der Waals surface area contributed by atoms with Gasteiger partial charge in [0.2, 0.25) is 0 Å². The van der Waals surface area contributed by atoms with Gasteiger partial charge in [0, 0.05) is 4.47 Å². The highest BCUT2D eigenvalue weighted by Crippen LogP contribution is 2.15. The summed E-state index contributed by atoms with van der Waals surface area (Å²) in [5.41, 5.74) is 6.35. The van der Waals surface area contributed by atoms with Gasteiger partial charge in [0.15, 0.2) is 0 Å². The van der Waals surface area contributed by atoms with Gasteiger partial charge < -0.3 is 10.5 Å². The molecule has 0 saturated carbocycles. The van der Waals surface area contributed by atoms with Crippen LogP contribution in [0.5, 0.6) is 0 Å². The quantitative estimate of drug-likeness (QED) is 0.844. The SMILES string of the molecule is COC(=O)[C@@H](N)c1ccc(Br)cc1.Cl. The standard InChI is InChI=1S/C9H10BrNO2.ClH/c1-13-9(12)8(11)6-2-4-7(10)5-3-6;/h2-5,8H,11H2,1H3;1H/t8-;/m0./s1. The van der Waals surface area contributed by atoms with Crippen molar-refractivity contribution in [3.63, 3.8) is 0 Å². The highest BCUT2D eigenvalue weighted by molar-refractivity contribution is 9.10. The van der Waals surface area contributed by atoms with Crippen molar-refractivity contribution in [1.29, 1.82) is 0 Å². The van der Waals surface area contributed by atoms with Crippen LogP contribution in [-0.2, 0) is 9.53 Å². The van der Waals surface area contributed by atoms with Crippen LogP contribution in [-0.4, -0.2) is 13.1 Å². The Kier molecular flexibility index (Phi) is 5.76. The predicted molar refractivity (Wildman–Crippen MR) is 60.3 cm³/mol. The van der Waals surface area contributed by atoms with Crippen molar-refractivity contribution in [3.8, 4) is 0 Å². The maximum Gasteiger partial charge on any atom is 0.327 e. The Balaban J connectivity index is 0.00000169. The Bertz CT molecular complexity index is 302. The molecule has 0 saturated heterocycles. The summed E-state index contributed by atoms with van der Waals surface area (Å²) in [5.74, 6) is -0.428. The van der Waals surface area contributed by atoms with Crippen LogP contribution in [0.15, 0.2) is 28.7 Å². The van der Waals surface area contributed by atoms with Crippen molar-refractivity contribution in [3.05, 3.63) is 34.3 Å². The van der Waals surface area contributed by atoms with E-state index in [0.717, 1.165) is 10.0 Å². The van der Waals surface area contributed by atoms with Crippen LogP contribution in [0.3, 0.4) is 0 Å². The molecule has 78 valence electrons. The third kappa shape index (κ3) is 3.29. The number of ether oxygens (including phenoxy) is 1. The minimum Gasteiger partial charge on any atom is -0.468 e. The van der Waals surface area contributed by atoms with Crippen molar-refractivity contribution in [2.45, 2.75) is 6.04 Å². The number of carbonyl (C=O) groups excluding carboxylic acids is 1. The fourth-order valence-electron chi connectivity index (χ4n) is 0.933. The lowest BCUT2D eigenvalue weighted by Crippen LogP contribution is -2.22. The maximum atomic E-state index is 11.0. The van der Waals surface area contributed by atoms with E-state index in [1.807, 2.05) is 12.1 Å². The van der Waals surface area contributed by atoms with Gasteiger partial charge >= 0.3 is 5.97 Å². The molecule has 0 bridgehead atoms. The van der Waals surface area contributed by atoms with Gasteiger partial charge in [0.1, 0.15) is 6.04 Å². The van der Waals surface area contributed by atoms with Crippen molar-refractivity contribution in [2.24, 2.45) is 5.73 Å². The minimum absolute atomic E-state index is 0. The van der Waals surface area contributed by atoms with Crippen LogP contribution in [0, 0.1) is 0 Å². The van der Waals surface area contributed by atoms with Gasteiger partial charge in [0.05, 0.1) is 7.11 Å². The maximum absolute atomic E-state index is 11.0. The molecule has 0 heterocycles. The Morgan fingerprint density at radius 2 is 1.93 bits per heavy atom. The zero-order valence-corrected chi connectivity index (χ0v) is 9.97. The first-order valence-corrected chi connectivity index (χ1v) is 4.53. The molecule has 0 aliphatic rings. The number of methoxy groups -OCH3 is 1. The molecule has 1 aromatic carbocycles. The Morgan fingerprint density at radius 3 is 2.36 bits per heavy atom. The number of hydrogen-bond acceptors (Lipinski definition) is 3. The van der Waals surface area contributed by atoms with Crippen molar-refractivity contribution in [1.82, 2.24) is 0 Å². The van der Waals surface area contributed by atoms with E-state index in [1.54, 1.807) is 12.1 Å². The molecule has 0 radical (unpaired) electrons. The molecular weight excluding hydrogens is 269 g/mol. The van der Waals surface area contributed by atoms with Crippen LogP contribution in [0.25, 0.3) is 0 Å². The van der Waals surface area contributed by atoms with E-state index in [-0.39, 0.29) is 12.4 Å². The molecule has 0 fully saturated rings. The van der Waals surface area contributed by atoms with Crippen LogP contribution >= 0.6 is 28.3 Å². The first-order chi connectivity index (χ1) is 6.15. The molecule has 2 N–H and O–H groups in total. The number of rotatable bonds is 2. The fraction of sp³-hybridized carbons (Fsp3) is 0.222. The lowest BCUT2D eigenvalue weighted by Gasteiger charge is -2.08. The number of nitrogens with two attached hydrogens (primary N) is 1. The fourth-order valence-corrected chi connectivity index (χ4v) is 1.20. The van der Waals surface area contributed by atoms with Gasteiger partial charge in [-0.25, -0.2) is 0 Å². The van der Waals surface area contributed by atoms with E-state index in [1.165, 1.54) is 7.11 Å². The predicted octanol–water partition coefficient (Wildman–Crippen LogP) is 2.04.